The normalized spacial score (nSPS) is 12.4. The van der Waals surface area contributed by atoms with Crippen LogP contribution >= 0.6 is 0 Å². The summed E-state index contributed by atoms with van der Waals surface area (Å²) in [7, 11) is 3.87. The molecule has 0 amide bonds. The van der Waals surface area contributed by atoms with Crippen LogP contribution in [-0.4, -0.2) is 28.2 Å². The molecule has 5 heteroatoms. The number of pyridine rings is 1. The van der Waals surface area contributed by atoms with Crippen LogP contribution in [0.2, 0.25) is 0 Å². The molecule has 0 aliphatic carbocycles. The first kappa shape index (κ1) is 12.6. The molecule has 0 saturated carbocycles. The average molecular weight is 246 g/mol. The van der Waals surface area contributed by atoms with Crippen LogP contribution in [0.5, 0.6) is 5.75 Å². The van der Waals surface area contributed by atoms with Gasteiger partial charge in [-0.2, -0.15) is 0 Å². The highest BCUT2D eigenvalue weighted by molar-refractivity contribution is 5.30. The van der Waals surface area contributed by atoms with Gasteiger partial charge in [0.15, 0.2) is 0 Å². The first-order chi connectivity index (χ1) is 8.74. The number of imidazole rings is 1. The highest BCUT2D eigenvalue weighted by Crippen LogP contribution is 2.22. The van der Waals surface area contributed by atoms with Crippen molar-refractivity contribution < 1.29 is 4.74 Å². The van der Waals surface area contributed by atoms with E-state index in [1.165, 1.54) is 0 Å². The molecule has 0 aliphatic rings. The van der Waals surface area contributed by atoms with Gasteiger partial charge in [0.2, 0.25) is 0 Å². The predicted molar refractivity (Wildman–Crippen MR) is 69.5 cm³/mol. The van der Waals surface area contributed by atoms with E-state index in [4.69, 9.17) is 4.74 Å². The Balaban J connectivity index is 2.29. The molecular weight excluding hydrogens is 228 g/mol. The van der Waals surface area contributed by atoms with Crippen LogP contribution in [0, 0.1) is 0 Å². The van der Waals surface area contributed by atoms with Crippen molar-refractivity contribution in [3.05, 3.63) is 42.2 Å². The maximum Gasteiger partial charge on any atom is 0.137 e. The van der Waals surface area contributed by atoms with Gasteiger partial charge in [-0.15, -0.1) is 0 Å². The molecule has 2 rings (SSSR count). The summed E-state index contributed by atoms with van der Waals surface area (Å²) in [5, 5.41) is 3.25. The minimum absolute atomic E-state index is 0.0270. The lowest BCUT2D eigenvalue weighted by molar-refractivity contribution is 0.338. The molecule has 1 unspecified atom stereocenters. The molecule has 0 spiro atoms. The van der Waals surface area contributed by atoms with Gasteiger partial charge in [0, 0.05) is 19.4 Å². The molecule has 0 aliphatic heterocycles. The average Bonchev–Trinajstić information content (AvgIpc) is 2.78. The lowest BCUT2D eigenvalue weighted by atomic mass is 10.1. The van der Waals surface area contributed by atoms with Gasteiger partial charge in [-0.05, 0) is 25.6 Å². The van der Waals surface area contributed by atoms with Crippen molar-refractivity contribution in [3.8, 4) is 5.75 Å². The van der Waals surface area contributed by atoms with Gasteiger partial charge >= 0.3 is 0 Å². The van der Waals surface area contributed by atoms with Gasteiger partial charge in [0.1, 0.15) is 5.75 Å². The number of aromatic nitrogens is 3. The molecule has 2 aromatic heterocycles. The Kier molecular flexibility index (Phi) is 3.94. The first-order valence-corrected chi connectivity index (χ1v) is 5.97. The van der Waals surface area contributed by atoms with Crippen molar-refractivity contribution in [3.63, 3.8) is 0 Å². The smallest absolute Gasteiger partial charge is 0.137 e. The molecule has 0 bridgehead atoms. The van der Waals surface area contributed by atoms with Crippen molar-refractivity contribution in [1.82, 2.24) is 19.9 Å². The van der Waals surface area contributed by atoms with E-state index in [-0.39, 0.29) is 6.04 Å². The largest absolute Gasteiger partial charge is 0.492 e. The van der Waals surface area contributed by atoms with Gasteiger partial charge in [-0.25, -0.2) is 4.98 Å². The number of rotatable bonds is 5. The summed E-state index contributed by atoms with van der Waals surface area (Å²) >= 11 is 0. The second-order valence-electron chi connectivity index (χ2n) is 4.07. The standard InChI is InChI=1S/C13H18N4O/c1-4-18-11-5-10(6-15-7-11)13(14-2)12-8-17(3)9-16-12/h5-9,13-14H,4H2,1-3H3. The molecule has 2 heterocycles. The molecule has 1 atom stereocenters. The van der Waals surface area contributed by atoms with Gasteiger partial charge in [-0.1, -0.05) is 0 Å². The molecule has 5 nitrogen and oxygen atoms in total. The van der Waals surface area contributed by atoms with Crippen molar-refractivity contribution in [2.45, 2.75) is 13.0 Å². The second-order valence-corrected chi connectivity index (χ2v) is 4.07. The molecule has 18 heavy (non-hydrogen) atoms. The molecule has 0 fully saturated rings. The van der Waals surface area contributed by atoms with Crippen LogP contribution in [0.4, 0.5) is 0 Å². The van der Waals surface area contributed by atoms with Crippen LogP contribution in [0.25, 0.3) is 0 Å². The fourth-order valence-corrected chi connectivity index (χ4v) is 1.91. The Labute approximate surface area is 107 Å². The summed E-state index contributed by atoms with van der Waals surface area (Å²) in [6.45, 7) is 2.60. The zero-order valence-corrected chi connectivity index (χ0v) is 10.9. The number of hydrogen-bond donors (Lipinski definition) is 1. The number of ether oxygens (including phenoxy) is 1. The fraction of sp³-hybridized carbons (Fsp3) is 0.385. The summed E-state index contributed by atoms with van der Waals surface area (Å²) in [6.07, 6.45) is 7.34. The summed E-state index contributed by atoms with van der Waals surface area (Å²) in [5.74, 6) is 0.784. The molecule has 0 aromatic carbocycles. The van der Waals surface area contributed by atoms with E-state index in [1.54, 1.807) is 12.5 Å². The van der Waals surface area contributed by atoms with E-state index in [9.17, 15) is 0 Å². The summed E-state index contributed by atoms with van der Waals surface area (Å²) in [6, 6.07) is 2.02. The lowest BCUT2D eigenvalue weighted by Crippen LogP contribution is -2.18. The van der Waals surface area contributed by atoms with Crippen LogP contribution in [0.1, 0.15) is 24.2 Å². The van der Waals surface area contributed by atoms with Crippen molar-refractivity contribution >= 4 is 0 Å². The fourth-order valence-electron chi connectivity index (χ4n) is 1.91. The number of hydrogen-bond acceptors (Lipinski definition) is 4. The quantitative estimate of drug-likeness (QED) is 0.869. The molecular formula is C13H18N4O. The van der Waals surface area contributed by atoms with Crippen molar-refractivity contribution in [2.75, 3.05) is 13.7 Å². The summed E-state index contributed by atoms with van der Waals surface area (Å²) in [5.41, 5.74) is 2.01. The Hall–Kier alpha value is -1.88. The Morgan fingerprint density at radius 3 is 2.89 bits per heavy atom. The van der Waals surface area contributed by atoms with Crippen molar-refractivity contribution in [1.29, 1.82) is 0 Å². The molecule has 96 valence electrons. The third-order valence-electron chi connectivity index (χ3n) is 2.69. The van der Waals surface area contributed by atoms with E-state index in [2.05, 4.69) is 15.3 Å². The maximum absolute atomic E-state index is 5.47. The maximum atomic E-state index is 5.47. The molecule has 0 saturated heterocycles. The summed E-state index contributed by atoms with van der Waals surface area (Å²) < 4.78 is 7.40. The SMILES string of the molecule is CCOc1cncc(C(NC)c2cn(C)cn2)c1. The van der Waals surface area contributed by atoms with Crippen LogP contribution in [-0.2, 0) is 7.05 Å². The topological polar surface area (TPSA) is 52.0 Å². The number of aryl methyl sites for hydroxylation is 1. The van der Waals surface area contributed by atoms with Gasteiger partial charge < -0.3 is 14.6 Å². The molecule has 1 N–H and O–H groups in total. The number of nitrogens with one attached hydrogen (secondary N) is 1. The van der Waals surface area contributed by atoms with Crippen molar-refractivity contribution in [2.24, 2.45) is 7.05 Å². The summed E-state index contributed by atoms with van der Waals surface area (Å²) in [4.78, 5) is 8.58. The zero-order valence-electron chi connectivity index (χ0n) is 10.9. The third kappa shape index (κ3) is 2.68. The predicted octanol–water partition coefficient (Wildman–Crippen LogP) is 1.52. The third-order valence-corrected chi connectivity index (χ3v) is 2.69. The minimum Gasteiger partial charge on any atom is -0.492 e. The van der Waals surface area contributed by atoms with Gasteiger partial charge in [0.05, 0.1) is 30.9 Å². The van der Waals surface area contributed by atoms with E-state index < -0.39 is 0 Å². The highest BCUT2D eigenvalue weighted by atomic mass is 16.5. The Bertz CT molecular complexity index is 509. The monoisotopic (exact) mass is 246 g/mol. The zero-order chi connectivity index (χ0) is 13.0. The van der Waals surface area contributed by atoms with Crippen LogP contribution < -0.4 is 10.1 Å². The van der Waals surface area contributed by atoms with Crippen LogP contribution in [0.15, 0.2) is 31.0 Å². The Morgan fingerprint density at radius 2 is 2.28 bits per heavy atom. The Morgan fingerprint density at radius 1 is 1.44 bits per heavy atom. The second kappa shape index (κ2) is 5.64. The van der Waals surface area contributed by atoms with E-state index in [0.29, 0.717) is 6.61 Å². The van der Waals surface area contributed by atoms with Crippen LogP contribution in [0.3, 0.4) is 0 Å². The van der Waals surface area contributed by atoms with E-state index in [0.717, 1.165) is 17.0 Å². The van der Waals surface area contributed by atoms with E-state index >= 15 is 0 Å². The molecule has 2 aromatic rings. The van der Waals surface area contributed by atoms with E-state index in [1.807, 2.05) is 44.0 Å². The molecule has 0 radical (unpaired) electrons. The van der Waals surface area contributed by atoms with Gasteiger partial charge in [0.25, 0.3) is 0 Å². The number of nitrogens with zero attached hydrogens (tertiary/aromatic N) is 3. The minimum atomic E-state index is 0.0270. The van der Waals surface area contributed by atoms with Gasteiger partial charge in [-0.3, -0.25) is 4.98 Å². The first-order valence-electron chi connectivity index (χ1n) is 5.97. The lowest BCUT2D eigenvalue weighted by Gasteiger charge is -2.14. The highest BCUT2D eigenvalue weighted by Gasteiger charge is 2.15.